The van der Waals surface area contributed by atoms with Crippen LogP contribution in [0.5, 0.6) is 0 Å². The van der Waals surface area contributed by atoms with E-state index in [1.54, 1.807) is 6.20 Å². The predicted molar refractivity (Wildman–Crippen MR) is 72.8 cm³/mol. The lowest BCUT2D eigenvalue weighted by atomic mass is 9.96. The maximum Gasteiger partial charge on any atom is 0.0514 e. The number of nitrogens with zero attached hydrogens (tertiary/aromatic N) is 2. The lowest BCUT2D eigenvalue weighted by molar-refractivity contribution is 0.154. The Balaban J connectivity index is 2.96. The second-order valence-electron chi connectivity index (χ2n) is 4.73. The first kappa shape index (κ1) is 14.1. The lowest BCUT2D eigenvalue weighted by Crippen LogP contribution is -2.42. The monoisotopic (exact) mass is 235 g/mol. The molecule has 3 heteroatoms. The van der Waals surface area contributed by atoms with Crippen molar-refractivity contribution in [3.8, 4) is 0 Å². The second-order valence-corrected chi connectivity index (χ2v) is 4.73. The first-order valence-electron chi connectivity index (χ1n) is 6.49. The summed E-state index contributed by atoms with van der Waals surface area (Å²) in [5.74, 6) is 0. The Morgan fingerprint density at radius 2 is 2.06 bits per heavy atom. The molecule has 0 bridgehead atoms. The van der Waals surface area contributed by atoms with Crippen molar-refractivity contribution in [2.45, 2.75) is 51.7 Å². The molecule has 1 aromatic heterocycles. The summed E-state index contributed by atoms with van der Waals surface area (Å²) < 4.78 is 0. The van der Waals surface area contributed by atoms with E-state index in [2.05, 4.69) is 43.8 Å². The number of hydrogen-bond acceptors (Lipinski definition) is 3. The molecule has 0 radical (unpaired) electrons. The van der Waals surface area contributed by atoms with Gasteiger partial charge < -0.3 is 5.73 Å². The molecule has 0 spiro atoms. The van der Waals surface area contributed by atoms with E-state index in [1.165, 1.54) is 5.56 Å². The SMILES string of the molecule is CCC(N)C(c1cccnc1)N(C)C(C)CC. The van der Waals surface area contributed by atoms with Crippen molar-refractivity contribution in [2.24, 2.45) is 5.73 Å². The van der Waals surface area contributed by atoms with E-state index < -0.39 is 0 Å². The molecule has 0 amide bonds. The van der Waals surface area contributed by atoms with Crippen molar-refractivity contribution >= 4 is 0 Å². The molecule has 0 saturated heterocycles. The van der Waals surface area contributed by atoms with Crippen LogP contribution in [0.1, 0.15) is 45.2 Å². The van der Waals surface area contributed by atoms with Crippen LogP contribution in [-0.4, -0.2) is 29.0 Å². The van der Waals surface area contributed by atoms with Gasteiger partial charge in [-0.2, -0.15) is 0 Å². The van der Waals surface area contributed by atoms with Crippen molar-refractivity contribution < 1.29 is 0 Å². The van der Waals surface area contributed by atoms with E-state index in [1.807, 2.05) is 12.3 Å². The van der Waals surface area contributed by atoms with Crippen LogP contribution in [0.4, 0.5) is 0 Å². The highest BCUT2D eigenvalue weighted by molar-refractivity contribution is 5.16. The number of rotatable bonds is 6. The molecule has 1 heterocycles. The number of aromatic nitrogens is 1. The first-order valence-corrected chi connectivity index (χ1v) is 6.49. The van der Waals surface area contributed by atoms with Crippen molar-refractivity contribution in [2.75, 3.05) is 7.05 Å². The van der Waals surface area contributed by atoms with Gasteiger partial charge in [0.1, 0.15) is 0 Å². The smallest absolute Gasteiger partial charge is 0.0514 e. The molecule has 0 aromatic carbocycles. The van der Waals surface area contributed by atoms with Crippen molar-refractivity contribution in [1.29, 1.82) is 0 Å². The van der Waals surface area contributed by atoms with Crippen LogP contribution in [-0.2, 0) is 0 Å². The fourth-order valence-electron chi connectivity index (χ4n) is 2.12. The lowest BCUT2D eigenvalue weighted by Gasteiger charge is -2.36. The van der Waals surface area contributed by atoms with Crippen molar-refractivity contribution in [3.63, 3.8) is 0 Å². The van der Waals surface area contributed by atoms with Gasteiger partial charge in [0.05, 0.1) is 6.04 Å². The molecule has 17 heavy (non-hydrogen) atoms. The number of nitrogens with two attached hydrogens (primary N) is 1. The third-order valence-corrected chi connectivity index (χ3v) is 3.63. The Morgan fingerprint density at radius 1 is 1.35 bits per heavy atom. The zero-order valence-corrected chi connectivity index (χ0v) is 11.4. The summed E-state index contributed by atoms with van der Waals surface area (Å²) in [4.78, 5) is 6.57. The third kappa shape index (κ3) is 3.51. The summed E-state index contributed by atoms with van der Waals surface area (Å²) in [5.41, 5.74) is 7.49. The van der Waals surface area contributed by atoms with Crippen LogP contribution in [0.25, 0.3) is 0 Å². The minimum Gasteiger partial charge on any atom is -0.326 e. The van der Waals surface area contributed by atoms with Crippen molar-refractivity contribution in [3.05, 3.63) is 30.1 Å². The van der Waals surface area contributed by atoms with Gasteiger partial charge in [-0.1, -0.05) is 19.9 Å². The minimum absolute atomic E-state index is 0.151. The zero-order chi connectivity index (χ0) is 12.8. The van der Waals surface area contributed by atoms with E-state index >= 15 is 0 Å². The van der Waals surface area contributed by atoms with Crippen LogP contribution < -0.4 is 5.73 Å². The summed E-state index contributed by atoms with van der Waals surface area (Å²) in [6, 6.07) is 5.03. The molecule has 0 aliphatic heterocycles. The van der Waals surface area contributed by atoms with Gasteiger partial charge in [-0.15, -0.1) is 0 Å². The molecule has 1 rings (SSSR count). The average molecular weight is 235 g/mol. The maximum atomic E-state index is 6.27. The van der Waals surface area contributed by atoms with Gasteiger partial charge in [0.25, 0.3) is 0 Å². The Bertz CT molecular complexity index is 313. The number of pyridine rings is 1. The quantitative estimate of drug-likeness (QED) is 0.824. The molecular formula is C14H25N3. The summed E-state index contributed by atoms with van der Waals surface area (Å²) in [6.45, 7) is 6.59. The topological polar surface area (TPSA) is 42.1 Å². The van der Waals surface area contributed by atoms with Gasteiger partial charge in [-0.25, -0.2) is 0 Å². The molecule has 0 aliphatic carbocycles. The van der Waals surface area contributed by atoms with Crippen LogP contribution in [0.3, 0.4) is 0 Å². The van der Waals surface area contributed by atoms with Gasteiger partial charge in [0.15, 0.2) is 0 Å². The summed E-state index contributed by atoms with van der Waals surface area (Å²) in [7, 11) is 2.15. The Kier molecular flexibility index (Phi) is 5.59. The van der Waals surface area contributed by atoms with Gasteiger partial charge in [-0.3, -0.25) is 9.88 Å². The van der Waals surface area contributed by atoms with E-state index in [0.717, 1.165) is 12.8 Å². The van der Waals surface area contributed by atoms with E-state index in [9.17, 15) is 0 Å². The van der Waals surface area contributed by atoms with E-state index in [-0.39, 0.29) is 12.1 Å². The Hall–Kier alpha value is -0.930. The zero-order valence-electron chi connectivity index (χ0n) is 11.4. The molecule has 3 atom stereocenters. The Morgan fingerprint density at radius 3 is 2.53 bits per heavy atom. The van der Waals surface area contributed by atoms with Crippen LogP contribution in [0.2, 0.25) is 0 Å². The molecule has 0 aliphatic rings. The van der Waals surface area contributed by atoms with Gasteiger partial charge in [-0.05, 0) is 38.4 Å². The number of likely N-dealkylation sites (N-methyl/N-ethyl adjacent to an activating group) is 1. The predicted octanol–water partition coefficient (Wildman–Crippen LogP) is 2.59. The van der Waals surface area contributed by atoms with Gasteiger partial charge in [0, 0.05) is 24.5 Å². The largest absolute Gasteiger partial charge is 0.326 e. The molecule has 3 nitrogen and oxygen atoms in total. The van der Waals surface area contributed by atoms with E-state index in [4.69, 9.17) is 5.73 Å². The first-order chi connectivity index (χ1) is 8.11. The van der Waals surface area contributed by atoms with E-state index in [0.29, 0.717) is 6.04 Å². The fourth-order valence-corrected chi connectivity index (χ4v) is 2.12. The minimum atomic E-state index is 0.151. The maximum absolute atomic E-state index is 6.27. The molecule has 2 N–H and O–H groups in total. The highest BCUT2D eigenvalue weighted by Crippen LogP contribution is 2.25. The Labute approximate surface area is 105 Å². The molecule has 1 aromatic rings. The summed E-state index contributed by atoms with van der Waals surface area (Å²) in [6.07, 6.45) is 5.84. The summed E-state index contributed by atoms with van der Waals surface area (Å²) in [5, 5.41) is 0. The highest BCUT2D eigenvalue weighted by atomic mass is 15.2. The molecular weight excluding hydrogens is 210 g/mol. The van der Waals surface area contributed by atoms with Crippen LogP contribution >= 0.6 is 0 Å². The van der Waals surface area contributed by atoms with Gasteiger partial charge >= 0.3 is 0 Å². The third-order valence-electron chi connectivity index (χ3n) is 3.63. The normalized spacial score (nSPS) is 16.8. The van der Waals surface area contributed by atoms with Crippen LogP contribution in [0, 0.1) is 0 Å². The number of hydrogen-bond donors (Lipinski definition) is 1. The highest BCUT2D eigenvalue weighted by Gasteiger charge is 2.25. The fraction of sp³-hybridized carbons (Fsp3) is 0.643. The molecule has 0 fully saturated rings. The van der Waals surface area contributed by atoms with Crippen LogP contribution in [0.15, 0.2) is 24.5 Å². The molecule has 3 unspecified atom stereocenters. The van der Waals surface area contributed by atoms with Gasteiger partial charge in [0.2, 0.25) is 0 Å². The molecule has 0 saturated carbocycles. The standard InChI is InChI=1S/C14H25N3/c1-5-11(3)17(4)14(13(15)6-2)12-8-7-9-16-10-12/h7-11,13-14H,5-6,15H2,1-4H3. The van der Waals surface area contributed by atoms with Crippen molar-refractivity contribution in [1.82, 2.24) is 9.88 Å². The molecule has 96 valence electrons. The summed E-state index contributed by atoms with van der Waals surface area (Å²) >= 11 is 0. The average Bonchev–Trinajstić information content (AvgIpc) is 2.38. The second kappa shape index (κ2) is 6.72.